The highest BCUT2D eigenvalue weighted by molar-refractivity contribution is 5.98. The lowest BCUT2D eigenvalue weighted by Gasteiger charge is -2.32. The van der Waals surface area contributed by atoms with Gasteiger partial charge in [-0.2, -0.15) is 0 Å². The summed E-state index contributed by atoms with van der Waals surface area (Å²) in [6, 6.07) is 6.57. The first-order valence-corrected chi connectivity index (χ1v) is 9.36. The van der Waals surface area contributed by atoms with E-state index < -0.39 is 6.04 Å². The molecule has 1 aliphatic heterocycles. The molecular formula is C20H28N2O4. The molecule has 1 heterocycles. The molecule has 2 rings (SSSR count). The number of ether oxygens (including phenoxy) is 1. The van der Waals surface area contributed by atoms with E-state index in [1.165, 1.54) is 0 Å². The van der Waals surface area contributed by atoms with E-state index in [9.17, 15) is 14.4 Å². The van der Waals surface area contributed by atoms with Crippen molar-refractivity contribution in [2.45, 2.75) is 52.0 Å². The van der Waals surface area contributed by atoms with Gasteiger partial charge in [-0.1, -0.05) is 19.8 Å². The Balaban J connectivity index is 1.80. The molecule has 1 N–H and O–H groups in total. The summed E-state index contributed by atoms with van der Waals surface area (Å²) in [4.78, 5) is 37.8. The molecular weight excluding hydrogens is 332 g/mol. The lowest BCUT2D eigenvalue weighted by Crippen LogP contribution is -2.55. The highest BCUT2D eigenvalue weighted by atomic mass is 16.5. The quantitative estimate of drug-likeness (QED) is 0.542. The Morgan fingerprint density at radius 2 is 1.92 bits per heavy atom. The Bertz CT molecular complexity index is 627. The summed E-state index contributed by atoms with van der Waals surface area (Å²) in [6.07, 6.45) is 3.57. The summed E-state index contributed by atoms with van der Waals surface area (Å²) >= 11 is 0. The van der Waals surface area contributed by atoms with Crippen molar-refractivity contribution in [2.75, 3.05) is 19.7 Å². The first-order valence-electron chi connectivity index (χ1n) is 9.36. The number of carbonyl (C=O) groups excluding carboxylic acids is 3. The van der Waals surface area contributed by atoms with Crippen LogP contribution in [0.25, 0.3) is 0 Å². The second-order valence-corrected chi connectivity index (χ2v) is 6.56. The molecule has 0 radical (unpaired) electrons. The van der Waals surface area contributed by atoms with Gasteiger partial charge < -0.3 is 15.0 Å². The van der Waals surface area contributed by atoms with E-state index in [0.717, 1.165) is 25.0 Å². The number of hydrogen-bond acceptors (Lipinski definition) is 4. The zero-order chi connectivity index (χ0) is 18.9. The number of hydrogen-bond donors (Lipinski definition) is 1. The zero-order valence-corrected chi connectivity index (χ0v) is 15.6. The fraction of sp³-hybridized carbons (Fsp3) is 0.550. The van der Waals surface area contributed by atoms with E-state index in [1.807, 2.05) is 0 Å². The van der Waals surface area contributed by atoms with Crippen LogP contribution in [0.2, 0.25) is 0 Å². The molecule has 0 aliphatic carbocycles. The fourth-order valence-electron chi connectivity index (χ4n) is 2.91. The van der Waals surface area contributed by atoms with Gasteiger partial charge in [0.05, 0.1) is 6.61 Å². The topological polar surface area (TPSA) is 75.7 Å². The maximum atomic E-state index is 12.3. The van der Waals surface area contributed by atoms with E-state index in [1.54, 1.807) is 36.1 Å². The van der Waals surface area contributed by atoms with E-state index in [-0.39, 0.29) is 30.4 Å². The average molecular weight is 360 g/mol. The van der Waals surface area contributed by atoms with Crippen LogP contribution in [0.1, 0.15) is 56.3 Å². The van der Waals surface area contributed by atoms with Crippen molar-refractivity contribution in [3.8, 4) is 5.75 Å². The van der Waals surface area contributed by atoms with E-state index >= 15 is 0 Å². The summed E-state index contributed by atoms with van der Waals surface area (Å²) in [5.41, 5.74) is 0.572. The standard InChI is InChI=1S/C20H28N2O4/c1-3-4-5-14-26-17-8-6-16(7-9-17)18(23)10-11-19(24)22-13-12-21-20(25)15(22)2/h6-9,15H,3-5,10-14H2,1-2H3,(H,21,25). The van der Waals surface area contributed by atoms with Gasteiger partial charge in [0, 0.05) is 31.5 Å². The lowest BCUT2D eigenvalue weighted by molar-refractivity contribution is -0.142. The minimum absolute atomic E-state index is 0.0787. The van der Waals surface area contributed by atoms with Crippen molar-refractivity contribution >= 4 is 17.6 Å². The molecule has 0 saturated carbocycles. The third-order valence-electron chi connectivity index (χ3n) is 4.58. The monoisotopic (exact) mass is 360 g/mol. The first-order chi connectivity index (χ1) is 12.5. The van der Waals surface area contributed by atoms with Crippen molar-refractivity contribution in [1.82, 2.24) is 10.2 Å². The van der Waals surface area contributed by atoms with Crippen LogP contribution in [0.4, 0.5) is 0 Å². The molecule has 0 spiro atoms. The summed E-state index contributed by atoms with van der Waals surface area (Å²) in [6.45, 7) is 5.48. The van der Waals surface area contributed by atoms with Gasteiger partial charge in [0.15, 0.2) is 5.78 Å². The summed E-state index contributed by atoms with van der Waals surface area (Å²) < 4.78 is 5.63. The zero-order valence-electron chi connectivity index (χ0n) is 15.6. The molecule has 1 unspecified atom stereocenters. The highest BCUT2D eigenvalue weighted by Gasteiger charge is 2.29. The molecule has 6 heteroatoms. The molecule has 1 atom stereocenters. The SMILES string of the molecule is CCCCCOc1ccc(C(=O)CCC(=O)N2CCNC(=O)C2C)cc1. The molecule has 1 aromatic rings. The Kier molecular flexibility index (Phi) is 7.63. The largest absolute Gasteiger partial charge is 0.494 e. The second-order valence-electron chi connectivity index (χ2n) is 6.56. The number of benzene rings is 1. The molecule has 1 fully saturated rings. The number of ketones is 1. The molecule has 2 amide bonds. The number of unbranched alkanes of at least 4 members (excludes halogenated alkanes) is 2. The summed E-state index contributed by atoms with van der Waals surface area (Å²) in [5, 5.41) is 2.72. The van der Waals surface area contributed by atoms with Gasteiger partial charge >= 0.3 is 0 Å². The van der Waals surface area contributed by atoms with Crippen molar-refractivity contribution in [2.24, 2.45) is 0 Å². The third-order valence-corrected chi connectivity index (χ3v) is 4.58. The second kappa shape index (κ2) is 9.94. The van der Waals surface area contributed by atoms with Gasteiger partial charge in [-0.25, -0.2) is 0 Å². The van der Waals surface area contributed by atoms with Crippen LogP contribution >= 0.6 is 0 Å². The van der Waals surface area contributed by atoms with Crippen LogP contribution in [-0.2, 0) is 9.59 Å². The predicted molar refractivity (Wildman–Crippen MR) is 99.2 cm³/mol. The van der Waals surface area contributed by atoms with E-state index in [2.05, 4.69) is 12.2 Å². The maximum absolute atomic E-state index is 12.3. The molecule has 0 bridgehead atoms. The number of nitrogens with zero attached hydrogens (tertiary/aromatic N) is 1. The molecule has 0 aromatic heterocycles. The first kappa shape index (κ1) is 19.9. The number of nitrogens with one attached hydrogen (secondary N) is 1. The van der Waals surface area contributed by atoms with Crippen LogP contribution in [0.3, 0.4) is 0 Å². The Labute approximate surface area is 154 Å². The van der Waals surface area contributed by atoms with Gasteiger partial charge in [-0.05, 0) is 37.6 Å². The van der Waals surface area contributed by atoms with Crippen LogP contribution in [0.5, 0.6) is 5.75 Å². The van der Waals surface area contributed by atoms with Gasteiger partial charge in [0.25, 0.3) is 0 Å². The Morgan fingerprint density at radius 1 is 1.19 bits per heavy atom. The minimum Gasteiger partial charge on any atom is -0.494 e. The molecule has 6 nitrogen and oxygen atoms in total. The maximum Gasteiger partial charge on any atom is 0.242 e. The number of piperazine rings is 1. The predicted octanol–water partition coefficient (Wildman–Crippen LogP) is 2.57. The molecule has 142 valence electrons. The Morgan fingerprint density at radius 3 is 2.62 bits per heavy atom. The van der Waals surface area contributed by atoms with Crippen LogP contribution in [0.15, 0.2) is 24.3 Å². The lowest BCUT2D eigenvalue weighted by atomic mass is 10.1. The summed E-state index contributed by atoms with van der Waals surface area (Å²) in [7, 11) is 0. The Hall–Kier alpha value is -2.37. The normalized spacial score (nSPS) is 16.9. The van der Waals surface area contributed by atoms with Gasteiger partial charge in [0.2, 0.25) is 11.8 Å². The molecule has 1 saturated heterocycles. The average Bonchev–Trinajstić information content (AvgIpc) is 2.65. The van der Waals surface area contributed by atoms with E-state index in [0.29, 0.717) is 25.3 Å². The molecule has 1 aliphatic rings. The van der Waals surface area contributed by atoms with E-state index in [4.69, 9.17) is 4.74 Å². The fourth-order valence-corrected chi connectivity index (χ4v) is 2.91. The smallest absolute Gasteiger partial charge is 0.242 e. The number of rotatable bonds is 9. The van der Waals surface area contributed by atoms with Crippen LogP contribution in [0, 0.1) is 0 Å². The van der Waals surface area contributed by atoms with Gasteiger partial charge in [-0.15, -0.1) is 0 Å². The van der Waals surface area contributed by atoms with Crippen molar-refractivity contribution < 1.29 is 19.1 Å². The third kappa shape index (κ3) is 5.58. The highest BCUT2D eigenvalue weighted by Crippen LogP contribution is 2.15. The number of amides is 2. The molecule has 1 aromatic carbocycles. The number of Topliss-reactive ketones (excluding diaryl/α,β-unsaturated/α-hetero) is 1. The van der Waals surface area contributed by atoms with Gasteiger partial charge in [-0.3, -0.25) is 14.4 Å². The number of carbonyl (C=O) groups is 3. The van der Waals surface area contributed by atoms with Crippen molar-refractivity contribution in [1.29, 1.82) is 0 Å². The molecule has 26 heavy (non-hydrogen) atoms. The summed E-state index contributed by atoms with van der Waals surface area (Å²) in [5.74, 6) is 0.369. The van der Waals surface area contributed by atoms with Crippen LogP contribution in [-0.4, -0.2) is 48.2 Å². The van der Waals surface area contributed by atoms with Crippen molar-refractivity contribution in [3.63, 3.8) is 0 Å². The van der Waals surface area contributed by atoms with Gasteiger partial charge in [0.1, 0.15) is 11.8 Å². The van der Waals surface area contributed by atoms with Crippen molar-refractivity contribution in [3.05, 3.63) is 29.8 Å². The minimum atomic E-state index is -0.476. The van der Waals surface area contributed by atoms with Crippen LogP contribution < -0.4 is 10.1 Å².